The molecule has 9 nitrogen and oxygen atoms in total. The number of ether oxygens (including phenoxy) is 1. The molecule has 1 N–H and O–H groups in total. The molecule has 2 aromatic carbocycles. The third-order valence-electron chi connectivity index (χ3n) is 3.93. The number of carbonyl (C=O) groups is 1. The zero-order valence-electron chi connectivity index (χ0n) is 15.8. The number of amides is 1. The lowest BCUT2D eigenvalue weighted by Gasteiger charge is -2.22. The third-order valence-corrected chi connectivity index (χ3v) is 5.36. The normalized spacial score (nSPS) is 11.0. The number of non-ortho nitro benzene ring substituents is 1. The number of nitrogens with zero attached hydrogens (tertiary/aromatic N) is 2. The van der Waals surface area contributed by atoms with Crippen molar-refractivity contribution in [2.24, 2.45) is 0 Å². The largest absolute Gasteiger partial charge is 0.495 e. The minimum Gasteiger partial charge on any atom is -0.495 e. The highest BCUT2D eigenvalue weighted by molar-refractivity contribution is 7.92. The molecule has 11 heteroatoms. The number of hydrogen-bond acceptors (Lipinski definition) is 6. The van der Waals surface area contributed by atoms with Crippen molar-refractivity contribution >= 4 is 44.6 Å². The van der Waals surface area contributed by atoms with E-state index in [0.717, 1.165) is 10.6 Å². The molecule has 0 radical (unpaired) electrons. The molecule has 0 aliphatic rings. The molecule has 0 spiro atoms. The van der Waals surface area contributed by atoms with Crippen molar-refractivity contribution in [2.75, 3.05) is 29.5 Å². The summed E-state index contributed by atoms with van der Waals surface area (Å²) in [6.07, 6.45) is 1.23. The van der Waals surface area contributed by atoms with E-state index < -0.39 is 14.9 Å². The van der Waals surface area contributed by atoms with Crippen LogP contribution in [0.4, 0.5) is 17.1 Å². The van der Waals surface area contributed by atoms with Crippen molar-refractivity contribution < 1.29 is 22.9 Å². The maximum absolute atomic E-state index is 12.2. The van der Waals surface area contributed by atoms with Gasteiger partial charge in [0.05, 0.1) is 29.7 Å². The zero-order chi connectivity index (χ0) is 21.6. The van der Waals surface area contributed by atoms with Crippen LogP contribution in [0.15, 0.2) is 42.5 Å². The van der Waals surface area contributed by atoms with Crippen LogP contribution in [0.2, 0.25) is 5.02 Å². The molecule has 0 bridgehead atoms. The number of hydrogen-bond donors (Lipinski definition) is 1. The van der Waals surface area contributed by atoms with E-state index >= 15 is 0 Å². The predicted octanol–water partition coefficient (Wildman–Crippen LogP) is 3.44. The molecule has 156 valence electrons. The first-order chi connectivity index (χ1) is 13.6. The summed E-state index contributed by atoms with van der Waals surface area (Å²) in [4.78, 5) is 22.6. The minimum atomic E-state index is -3.69. The molecule has 0 unspecified atom stereocenters. The van der Waals surface area contributed by atoms with Crippen molar-refractivity contribution in [1.29, 1.82) is 0 Å². The van der Waals surface area contributed by atoms with Gasteiger partial charge in [0.2, 0.25) is 15.9 Å². The molecule has 0 fully saturated rings. The summed E-state index contributed by atoms with van der Waals surface area (Å²) in [6.45, 7) is -0.0138. The van der Waals surface area contributed by atoms with Crippen LogP contribution in [0.3, 0.4) is 0 Å². The molecule has 2 rings (SSSR count). The summed E-state index contributed by atoms with van der Waals surface area (Å²) in [7, 11) is -2.23. The van der Waals surface area contributed by atoms with E-state index in [4.69, 9.17) is 16.3 Å². The highest BCUT2D eigenvalue weighted by Gasteiger charge is 2.20. The number of nitro groups is 1. The third kappa shape index (κ3) is 6.33. The van der Waals surface area contributed by atoms with Gasteiger partial charge in [0.25, 0.3) is 5.69 Å². The monoisotopic (exact) mass is 441 g/mol. The Bertz CT molecular complexity index is 1010. The van der Waals surface area contributed by atoms with Gasteiger partial charge >= 0.3 is 0 Å². The van der Waals surface area contributed by atoms with Gasteiger partial charge in [-0.1, -0.05) is 17.7 Å². The lowest BCUT2D eigenvalue weighted by atomic mass is 10.2. The number of nitro benzene ring substituents is 1. The van der Waals surface area contributed by atoms with Crippen LogP contribution in [-0.2, 0) is 14.8 Å². The molecule has 0 aliphatic carbocycles. The molecule has 1 amide bonds. The first-order valence-corrected chi connectivity index (χ1v) is 10.7. The summed E-state index contributed by atoms with van der Waals surface area (Å²) in [5.41, 5.74) is 0.351. The van der Waals surface area contributed by atoms with Gasteiger partial charge in [0.1, 0.15) is 5.75 Å². The molecule has 0 aliphatic heterocycles. The van der Waals surface area contributed by atoms with E-state index in [0.29, 0.717) is 16.5 Å². The molecular weight excluding hydrogens is 422 g/mol. The molecule has 0 heterocycles. The van der Waals surface area contributed by atoms with Crippen molar-refractivity contribution in [3.8, 4) is 5.75 Å². The Hall–Kier alpha value is -2.85. The van der Waals surface area contributed by atoms with Crippen molar-refractivity contribution in [3.05, 3.63) is 57.6 Å². The van der Waals surface area contributed by atoms with Crippen LogP contribution >= 0.6 is 11.6 Å². The second-order valence-electron chi connectivity index (χ2n) is 6.11. The molecule has 2 aromatic rings. The van der Waals surface area contributed by atoms with Crippen LogP contribution in [0.1, 0.15) is 12.8 Å². The Morgan fingerprint density at radius 3 is 2.62 bits per heavy atom. The van der Waals surface area contributed by atoms with E-state index in [2.05, 4.69) is 5.32 Å². The van der Waals surface area contributed by atoms with Crippen LogP contribution in [-0.4, -0.2) is 39.2 Å². The van der Waals surface area contributed by atoms with Crippen molar-refractivity contribution in [1.82, 2.24) is 0 Å². The van der Waals surface area contributed by atoms with Crippen LogP contribution in [0.5, 0.6) is 5.75 Å². The van der Waals surface area contributed by atoms with Gasteiger partial charge in [0.15, 0.2) is 0 Å². The number of benzene rings is 2. The number of halogens is 1. The van der Waals surface area contributed by atoms with Gasteiger partial charge in [-0.25, -0.2) is 8.42 Å². The van der Waals surface area contributed by atoms with E-state index in [1.165, 1.54) is 31.4 Å². The summed E-state index contributed by atoms with van der Waals surface area (Å²) in [6, 6.07) is 10.1. The Kier molecular flexibility index (Phi) is 7.40. The van der Waals surface area contributed by atoms with E-state index in [9.17, 15) is 23.3 Å². The standard InChI is InChI=1S/C18H20ClN3O6S/c1-28-17-9-8-13(19)11-16(17)20-18(23)7-4-10-21(29(2,26)27)14-5-3-6-15(12-14)22(24)25/h3,5-6,8-9,11-12H,4,7,10H2,1-2H3,(H,20,23). The first kappa shape index (κ1) is 22.4. The minimum absolute atomic E-state index is 0.0138. The Morgan fingerprint density at radius 2 is 2.00 bits per heavy atom. The molecule has 0 saturated heterocycles. The SMILES string of the molecule is COc1ccc(Cl)cc1NC(=O)CCCN(c1cccc([N+](=O)[O-])c1)S(C)(=O)=O. The average Bonchev–Trinajstić information content (AvgIpc) is 2.64. The topological polar surface area (TPSA) is 119 Å². The van der Waals surface area contributed by atoms with Crippen LogP contribution < -0.4 is 14.4 Å². The highest BCUT2D eigenvalue weighted by atomic mass is 35.5. The van der Waals surface area contributed by atoms with Crippen LogP contribution in [0.25, 0.3) is 0 Å². The van der Waals surface area contributed by atoms with Crippen LogP contribution in [0, 0.1) is 10.1 Å². The number of nitrogens with one attached hydrogen (secondary N) is 1. The number of carbonyl (C=O) groups excluding carboxylic acids is 1. The summed E-state index contributed by atoms with van der Waals surface area (Å²) < 4.78 is 30.4. The van der Waals surface area contributed by atoms with E-state index in [1.54, 1.807) is 18.2 Å². The van der Waals surface area contributed by atoms with E-state index in [1.807, 2.05) is 0 Å². The molecule has 29 heavy (non-hydrogen) atoms. The lowest BCUT2D eigenvalue weighted by molar-refractivity contribution is -0.384. The second-order valence-corrected chi connectivity index (χ2v) is 8.45. The highest BCUT2D eigenvalue weighted by Crippen LogP contribution is 2.28. The summed E-state index contributed by atoms with van der Waals surface area (Å²) >= 11 is 5.93. The molecule has 0 atom stereocenters. The smallest absolute Gasteiger partial charge is 0.271 e. The Labute approximate surface area is 173 Å². The maximum atomic E-state index is 12.2. The predicted molar refractivity (Wildman–Crippen MR) is 111 cm³/mol. The first-order valence-electron chi connectivity index (χ1n) is 8.47. The van der Waals surface area contributed by atoms with Gasteiger partial charge < -0.3 is 10.1 Å². The molecule has 0 aromatic heterocycles. The van der Waals surface area contributed by atoms with Gasteiger partial charge in [-0.15, -0.1) is 0 Å². The lowest BCUT2D eigenvalue weighted by Crippen LogP contribution is -2.31. The van der Waals surface area contributed by atoms with E-state index in [-0.39, 0.29) is 36.7 Å². The fraction of sp³-hybridized carbons (Fsp3) is 0.278. The number of sulfonamides is 1. The number of rotatable bonds is 9. The molecular formula is C18H20ClN3O6S. The second kappa shape index (κ2) is 9.57. The Balaban J connectivity index is 2.06. The van der Waals surface area contributed by atoms with Gasteiger partial charge in [-0.05, 0) is 30.7 Å². The van der Waals surface area contributed by atoms with Gasteiger partial charge in [-0.2, -0.15) is 0 Å². The average molecular weight is 442 g/mol. The quantitative estimate of drug-likeness (QED) is 0.470. The molecule has 0 saturated carbocycles. The Morgan fingerprint density at radius 1 is 1.28 bits per heavy atom. The van der Waals surface area contributed by atoms with Crippen molar-refractivity contribution in [2.45, 2.75) is 12.8 Å². The fourth-order valence-corrected chi connectivity index (χ4v) is 3.75. The number of anilines is 2. The number of methoxy groups -OCH3 is 1. The van der Waals surface area contributed by atoms with Crippen molar-refractivity contribution in [3.63, 3.8) is 0 Å². The van der Waals surface area contributed by atoms with Gasteiger partial charge in [-0.3, -0.25) is 19.2 Å². The summed E-state index contributed by atoms with van der Waals surface area (Å²) in [5.74, 6) is 0.0927. The zero-order valence-corrected chi connectivity index (χ0v) is 17.4. The maximum Gasteiger partial charge on any atom is 0.271 e. The summed E-state index contributed by atoms with van der Waals surface area (Å²) in [5, 5.41) is 14.0. The fourth-order valence-electron chi connectivity index (χ4n) is 2.62. The van der Waals surface area contributed by atoms with Gasteiger partial charge in [0, 0.05) is 30.1 Å².